The van der Waals surface area contributed by atoms with Gasteiger partial charge in [0.2, 0.25) is 0 Å². The van der Waals surface area contributed by atoms with Gasteiger partial charge in [0.15, 0.2) is 5.17 Å². The number of nitrogens with zero attached hydrogens (tertiary/aromatic N) is 2. The van der Waals surface area contributed by atoms with Crippen molar-refractivity contribution in [3.63, 3.8) is 0 Å². The molecule has 0 radical (unpaired) electrons. The van der Waals surface area contributed by atoms with E-state index in [9.17, 15) is 0 Å². The van der Waals surface area contributed by atoms with Crippen LogP contribution in [0.3, 0.4) is 0 Å². The quantitative estimate of drug-likeness (QED) is 0.538. The summed E-state index contributed by atoms with van der Waals surface area (Å²) < 4.78 is 0. The normalized spacial score (nSPS) is 12.2. The molecule has 0 atom stereocenters. The minimum atomic E-state index is 1.02. The second-order valence-electron chi connectivity index (χ2n) is 2.65. The maximum absolute atomic E-state index is 4.11. The number of nitrogens with one attached hydrogen (secondary N) is 1. The summed E-state index contributed by atoms with van der Waals surface area (Å²) in [6.45, 7) is 7.80. The summed E-state index contributed by atoms with van der Waals surface area (Å²) in [6.07, 6.45) is 0. The van der Waals surface area contributed by atoms with E-state index in [1.807, 2.05) is 14.1 Å². The molecule has 0 aliphatic heterocycles. The van der Waals surface area contributed by atoms with Crippen LogP contribution in [0, 0.1) is 0 Å². The predicted octanol–water partition coefficient (Wildman–Crippen LogP) is 1.27. The molecule has 0 saturated carbocycles. The maximum atomic E-state index is 4.11. The Kier molecular flexibility index (Phi) is 8.24. The van der Waals surface area contributed by atoms with Crippen LogP contribution in [0.2, 0.25) is 0 Å². The molecule has 1 N–H and O–H groups in total. The van der Waals surface area contributed by atoms with E-state index in [1.54, 1.807) is 11.8 Å². The van der Waals surface area contributed by atoms with Crippen molar-refractivity contribution >= 4 is 16.9 Å². The summed E-state index contributed by atoms with van der Waals surface area (Å²) >= 11 is 1.78. The first-order chi connectivity index (χ1) is 6.28. The van der Waals surface area contributed by atoms with Gasteiger partial charge in [0.1, 0.15) is 0 Å². The van der Waals surface area contributed by atoms with Crippen LogP contribution in [0.5, 0.6) is 0 Å². The molecule has 0 amide bonds. The maximum Gasteiger partial charge on any atom is 0.156 e. The molecule has 0 aromatic rings. The van der Waals surface area contributed by atoms with Crippen LogP contribution < -0.4 is 5.32 Å². The highest BCUT2D eigenvalue weighted by atomic mass is 32.2. The van der Waals surface area contributed by atoms with E-state index < -0.39 is 0 Å². The number of hydrogen-bond donors (Lipinski definition) is 1. The van der Waals surface area contributed by atoms with Gasteiger partial charge in [0.05, 0.1) is 0 Å². The Morgan fingerprint density at radius 3 is 2.38 bits per heavy atom. The average Bonchev–Trinajstić information content (AvgIpc) is 2.19. The zero-order valence-corrected chi connectivity index (χ0v) is 9.95. The summed E-state index contributed by atoms with van der Waals surface area (Å²) in [5.74, 6) is 1.11. The third-order valence-electron chi connectivity index (χ3n) is 1.96. The molecule has 0 saturated heterocycles. The molecule has 0 spiro atoms. The first kappa shape index (κ1) is 12.8. The van der Waals surface area contributed by atoms with Crippen LogP contribution >= 0.6 is 11.8 Å². The van der Waals surface area contributed by atoms with Crippen molar-refractivity contribution in [1.29, 1.82) is 0 Å². The third-order valence-corrected chi connectivity index (χ3v) is 3.00. The van der Waals surface area contributed by atoms with Crippen LogP contribution in [-0.2, 0) is 0 Å². The van der Waals surface area contributed by atoms with Gasteiger partial charge in [0, 0.05) is 26.4 Å². The fourth-order valence-corrected chi connectivity index (χ4v) is 1.88. The van der Waals surface area contributed by atoms with E-state index in [-0.39, 0.29) is 0 Å². The lowest BCUT2D eigenvalue weighted by molar-refractivity contribution is 0.324. The summed E-state index contributed by atoms with van der Waals surface area (Å²) in [6, 6.07) is 0. The molecule has 0 rings (SSSR count). The second-order valence-corrected chi connectivity index (χ2v) is 3.74. The van der Waals surface area contributed by atoms with E-state index >= 15 is 0 Å². The Balaban J connectivity index is 3.53. The van der Waals surface area contributed by atoms with Crippen molar-refractivity contribution in [2.24, 2.45) is 4.99 Å². The highest BCUT2D eigenvalue weighted by molar-refractivity contribution is 8.13. The summed E-state index contributed by atoms with van der Waals surface area (Å²) in [4.78, 5) is 6.52. The second kappa shape index (κ2) is 8.38. The van der Waals surface area contributed by atoms with Gasteiger partial charge in [-0.3, -0.25) is 4.99 Å². The molecule has 3 nitrogen and oxygen atoms in total. The molecule has 78 valence electrons. The van der Waals surface area contributed by atoms with Crippen molar-refractivity contribution in [3.8, 4) is 0 Å². The standard InChI is InChI=1S/C9H21N3S/c1-5-12(6-2)7-8-13-9(10-3)11-4/h5-8H2,1-4H3,(H,10,11). The molecule has 0 aromatic carbocycles. The van der Waals surface area contributed by atoms with Gasteiger partial charge in [-0.05, 0) is 13.1 Å². The van der Waals surface area contributed by atoms with E-state index in [0.717, 1.165) is 30.6 Å². The van der Waals surface area contributed by atoms with Gasteiger partial charge < -0.3 is 10.2 Å². The van der Waals surface area contributed by atoms with Crippen molar-refractivity contribution < 1.29 is 0 Å². The van der Waals surface area contributed by atoms with Gasteiger partial charge >= 0.3 is 0 Å². The van der Waals surface area contributed by atoms with Gasteiger partial charge in [-0.25, -0.2) is 0 Å². The molecule has 0 aliphatic rings. The SMILES string of the molecule is CCN(CC)CCSC(=NC)NC. The van der Waals surface area contributed by atoms with Gasteiger partial charge in [-0.1, -0.05) is 25.6 Å². The number of thioether (sulfide) groups is 1. The van der Waals surface area contributed by atoms with E-state index in [4.69, 9.17) is 0 Å². The number of amidine groups is 1. The molecule has 0 bridgehead atoms. The molecule has 4 heteroatoms. The Hall–Kier alpha value is -0.220. The van der Waals surface area contributed by atoms with Crippen LogP contribution in [0.15, 0.2) is 4.99 Å². The lowest BCUT2D eigenvalue weighted by atomic mass is 10.5. The topological polar surface area (TPSA) is 27.6 Å². The Labute approximate surface area is 86.0 Å². The molecule has 0 unspecified atom stereocenters. The fraction of sp³-hybridized carbons (Fsp3) is 0.889. The van der Waals surface area contributed by atoms with E-state index in [1.165, 1.54) is 0 Å². The average molecular weight is 203 g/mol. The van der Waals surface area contributed by atoms with Crippen molar-refractivity contribution in [2.75, 3.05) is 39.5 Å². The van der Waals surface area contributed by atoms with Crippen LogP contribution in [0.1, 0.15) is 13.8 Å². The Bertz CT molecular complexity index is 144. The molecule has 0 aromatic heterocycles. The summed E-state index contributed by atoms with van der Waals surface area (Å²) in [5, 5.41) is 4.08. The minimum Gasteiger partial charge on any atom is -0.368 e. The van der Waals surface area contributed by atoms with Crippen molar-refractivity contribution in [1.82, 2.24) is 10.2 Å². The van der Waals surface area contributed by atoms with Crippen molar-refractivity contribution in [2.45, 2.75) is 13.8 Å². The van der Waals surface area contributed by atoms with Crippen LogP contribution in [0.4, 0.5) is 0 Å². The highest BCUT2D eigenvalue weighted by Gasteiger charge is 2.00. The van der Waals surface area contributed by atoms with Gasteiger partial charge in [-0.15, -0.1) is 0 Å². The zero-order chi connectivity index (χ0) is 10.1. The van der Waals surface area contributed by atoms with Crippen LogP contribution in [-0.4, -0.2) is 49.6 Å². The first-order valence-corrected chi connectivity index (χ1v) is 5.76. The first-order valence-electron chi connectivity index (χ1n) is 4.78. The van der Waals surface area contributed by atoms with Crippen molar-refractivity contribution in [3.05, 3.63) is 0 Å². The monoisotopic (exact) mass is 203 g/mol. The molecule has 0 fully saturated rings. The predicted molar refractivity (Wildman–Crippen MR) is 62.7 cm³/mol. The Morgan fingerprint density at radius 1 is 1.38 bits per heavy atom. The minimum absolute atomic E-state index is 1.02. The Morgan fingerprint density at radius 2 is 2.00 bits per heavy atom. The number of rotatable bonds is 5. The fourth-order valence-electron chi connectivity index (χ4n) is 1.06. The smallest absolute Gasteiger partial charge is 0.156 e. The van der Waals surface area contributed by atoms with Gasteiger partial charge in [-0.2, -0.15) is 0 Å². The number of hydrogen-bond acceptors (Lipinski definition) is 3. The summed E-state index contributed by atoms with van der Waals surface area (Å²) in [7, 11) is 3.73. The third kappa shape index (κ3) is 5.93. The largest absolute Gasteiger partial charge is 0.368 e. The number of aliphatic imine (C=N–C) groups is 1. The molecule has 0 heterocycles. The molecule has 0 aliphatic carbocycles. The van der Waals surface area contributed by atoms with E-state index in [0.29, 0.717) is 0 Å². The highest BCUT2D eigenvalue weighted by Crippen LogP contribution is 2.01. The molecular weight excluding hydrogens is 182 g/mol. The lowest BCUT2D eigenvalue weighted by Crippen LogP contribution is -2.26. The molecule has 13 heavy (non-hydrogen) atoms. The summed E-state index contributed by atoms with van der Waals surface area (Å²) in [5.41, 5.74) is 0. The molecular formula is C9H21N3S. The zero-order valence-electron chi connectivity index (χ0n) is 9.13. The lowest BCUT2D eigenvalue weighted by Gasteiger charge is -2.17. The van der Waals surface area contributed by atoms with E-state index in [2.05, 4.69) is 29.1 Å². The van der Waals surface area contributed by atoms with Gasteiger partial charge in [0.25, 0.3) is 0 Å². The van der Waals surface area contributed by atoms with Crippen LogP contribution in [0.25, 0.3) is 0 Å².